The van der Waals surface area contributed by atoms with Gasteiger partial charge in [0.25, 0.3) is 5.91 Å². The lowest BCUT2D eigenvalue weighted by Crippen LogP contribution is -2.35. The maximum absolute atomic E-state index is 13.8. The molecular formula is C14H7Cl2F3N2O3. The Morgan fingerprint density at radius 1 is 1.08 bits per heavy atom. The zero-order chi connectivity index (χ0) is 18.0. The van der Waals surface area contributed by atoms with Crippen LogP contribution < -0.4 is 10.6 Å². The Labute approximate surface area is 143 Å². The fraction of sp³-hybridized carbons (Fsp3) is 0. The van der Waals surface area contributed by atoms with E-state index in [4.69, 9.17) is 23.2 Å². The molecule has 0 aliphatic carbocycles. The van der Waals surface area contributed by atoms with Crippen LogP contribution in [0.2, 0.25) is 10.0 Å². The third-order valence-electron chi connectivity index (χ3n) is 2.80. The summed E-state index contributed by atoms with van der Waals surface area (Å²) in [7, 11) is 0. The molecule has 0 bridgehead atoms. The molecule has 2 aromatic rings. The van der Waals surface area contributed by atoms with Crippen molar-refractivity contribution in [1.29, 1.82) is 0 Å². The van der Waals surface area contributed by atoms with Gasteiger partial charge in [0.05, 0.1) is 10.7 Å². The molecule has 0 aromatic heterocycles. The molecule has 24 heavy (non-hydrogen) atoms. The van der Waals surface area contributed by atoms with Crippen LogP contribution in [0.25, 0.3) is 0 Å². The molecule has 0 spiro atoms. The summed E-state index contributed by atoms with van der Waals surface area (Å²) in [5.41, 5.74) is -1.53. The zero-order valence-electron chi connectivity index (χ0n) is 11.5. The van der Waals surface area contributed by atoms with Crippen LogP contribution in [-0.4, -0.2) is 17.0 Å². The van der Waals surface area contributed by atoms with Gasteiger partial charge in [-0.2, -0.15) is 0 Å². The molecule has 0 heterocycles. The van der Waals surface area contributed by atoms with Crippen LogP contribution >= 0.6 is 23.2 Å². The lowest BCUT2D eigenvalue weighted by atomic mass is 10.2. The van der Waals surface area contributed by atoms with E-state index in [1.807, 2.05) is 5.32 Å². The highest BCUT2D eigenvalue weighted by Crippen LogP contribution is 2.37. The van der Waals surface area contributed by atoms with Gasteiger partial charge in [-0.25, -0.2) is 18.0 Å². The Morgan fingerprint density at radius 2 is 1.67 bits per heavy atom. The van der Waals surface area contributed by atoms with E-state index in [1.54, 1.807) is 5.32 Å². The van der Waals surface area contributed by atoms with Gasteiger partial charge in [0.1, 0.15) is 22.2 Å². The highest BCUT2D eigenvalue weighted by molar-refractivity contribution is 6.37. The average molecular weight is 379 g/mol. The molecule has 0 radical (unpaired) electrons. The van der Waals surface area contributed by atoms with Crippen molar-refractivity contribution in [2.24, 2.45) is 0 Å². The molecule has 126 valence electrons. The summed E-state index contributed by atoms with van der Waals surface area (Å²) in [6.07, 6.45) is 0. The van der Waals surface area contributed by atoms with Crippen molar-refractivity contribution in [3.05, 3.63) is 57.3 Å². The van der Waals surface area contributed by atoms with Gasteiger partial charge in [-0.15, -0.1) is 0 Å². The third-order valence-corrected chi connectivity index (χ3v) is 3.43. The Balaban J connectivity index is 2.19. The number of imide groups is 1. The first-order chi connectivity index (χ1) is 11.2. The normalized spacial score (nSPS) is 10.4. The number of amides is 3. The van der Waals surface area contributed by atoms with Crippen LogP contribution in [0, 0.1) is 17.5 Å². The van der Waals surface area contributed by atoms with Crippen molar-refractivity contribution in [1.82, 2.24) is 5.32 Å². The lowest BCUT2D eigenvalue weighted by molar-refractivity contribution is 0.0959. The Hall–Kier alpha value is -2.45. The summed E-state index contributed by atoms with van der Waals surface area (Å²) in [6, 6.07) is 2.24. The van der Waals surface area contributed by atoms with Gasteiger partial charge >= 0.3 is 6.03 Å². The van der Waals surface area contributed by atoms with E-state index in [-0.39, 0.29) is 5.02 Å². The second-order valence-corrected chi connectivity index (χ2v) is 5.17. The molecular weight excluding hydrogens is 372 g/mol. The number of phenolic OH excluding ortho intramolecular Hbond substituents is 1. The highest BCUT2D eigenvalue weighted by atomic mass is 35.5. The van der Waals surface area contributed by atoms with Crippen molar-refractivity contribution >= 4 is 40.8 Å². The number of benzene rings is 2. The Kier molecular flexibility index (Phi) is 5.20. The van der Waals surface area contributed by atoms with Gasteiger partial charge in [-0.05, 0) is 18.2 Å². The number of nitrogens with one attached hydrogen (secondary N) is 2. The van der Waals surface area contributed by atoms with E-state index < -0.39 is 51.4 Å². The van der Waals surface area contributed by atoms with E-state index >= 15 is 0 Å². The van der Waals surface area contributed by atoms with Crippen LogP contribution in [0.5, 0.6) is 5.75 Å². The Morgan fingerprint density at radius 3 is 2.25 bits per heavy atom. The van der Waals surface area contributed by atoms with Crippen molar-refractivity contribution in [3.8, 4) is 5.75 Å². The van der Waals surface area contributed by atoms with E-state index in [0.29, 0.717) is 0 Å². The van der Waals surface area contributed by atoms with Crippen LogP contribution in [0.3, 0.4) is 0 Å². The molecule has 3 amide bonds. The number of carbonyl (C=O) groups is 2. The molecule has 0 saturated carbocycles. The molecule has 2 rings (SSSR count). The van der Waals surface area contributed by atoms with E-state index in [1.165, 1.54) is 0 Å². The summed E-state index contributed by atoms with van der Waals surface area (Å²) in [5, 5.41) is 11.7. The van der Waals surface area contributed by atoms with Gasteiger partial charge in [-0.1, -0.05) is 29.3 Å². The SMILES string of the molecule is O=C(NC(=O)c1c(F)cccc1F)Nc1cc(Cl)c(O)c(Cl)c1F. The van der Waals surface area contributed by atoms with Crippen molar-refractivity contribution in [3.63, 3.8) is 0 Å². The lowest BCUT2D eigenvalue weighted by Gasteiger charge is -2.11. The van der Waals surface area contributed by atoms with Crippen molar-refractivity contribution in [2.75, 3.05) is 5.32 Å². The number of hydrogen-bond donors (Lipinski definition) is 3. The van der Waals surface area contributed by atoms with Gasteiger partial charge in [-0.3, -0.25) is 10.1 Å². The van der Waals surface area contributed by atoms with E-state index in [0.717, 1.165) is 24.3 Å². The van der Waals surface area contributed by atoms with Crippen LogP contribution in [-0.2, 0) is 0 Å². The summed E-state index contributed by atoms with van der Waals surface area (Å²) >= 11 is 11.0. The topological polar surface area (TPSA) is 78.4 Å². The monoisotopic (exact) mass is 378 g/mol. The van der Waals surface area contributed by atoms with Crippen molar-refractivity contribution < 1.29 is 27.9 Å². The number of urea groups is 1. The first-order valence-corrected chi connectivity index (χ1v) is 6.90. The number of halogens is 5. The summed E-state index contributed by atoms with van der Waals surface area (Å²) in [4.78, 5) is 23.4. The van der Waals surface area contributed by atoms with Crippen LogP contribution in [0.1, 0.15) is 10.4 Å². The van der Waals surface area contributed by atoms with Gasteiger partial charge in [0.2, 0.25) is 0 Å². The third kappa shape index (κ3) is 3.55. The molecule has 3 N–H and O–H groups in total. The number of anilines is 1. The molecule has 0 fully saturated rings. The molecule has 0 aliphatic rings. The Bertz CT molecular complexity index is 826. The number of carbonyl (C=O) groups excluding carboxylic acids is 2. The average Bonchev–Trinajstić information content (AvgIpc) is 2.50. The van der Waals surface area contributed by atoms with Gasteiger partial charge < -0.3 is 10.4 Å². The fourth-order valence-electron chi connectivity index (χ4n) is 1.71. The summed E-state index contributed by atoms with van der Waals surface area (Å²) in [6.45, 7) is 0. The number of phenols is 1. The standard InChI is InChI=1S/C14H7Cl2F3N2O3/c15-5-4-8(11(19)10(16)12(5)22)20-14(24)21-13(23)9-6(17)2-1-3-7(9)18/h1-4,22H,(H2,20,21,23,24). The number of aromatic hydroxyl groups is 1. The van der Waals surface area contributed by atoms with Crippen molar-refractivity contribution in [2.45, 2.75) is 0 Å². The zero-order valence-corrected chi connectivity index (χ0v) is 13.0. The number of hydrogen-bond acceptors (Lipinski definition) is 3. The smallest absolute Gasteiger partial charge is 0.326 e. The van der Waals surface area contributed by atoms with Crippen LogP contribution in [0.4, 0.5) is 23.7 Å². The van der Waals surface area contributed by atoms with Crippen LogP contribution in [0.15, 0.2) is 24.3 Å². The molecule has 10 heteroatoms. The maximum atomic E-state index is 13.8. The van der Waals surface area contributed by atoms with Gasteiger partial charge in [0, 0.05) is 0 Å². The predicted molar refractivity (Wildman–Crippen MR) is 80.9 cm³/mol. The van der Waals surface area contributed by atoms with E-state index in [9.17, 15) is 27.9 Å². The highest BCUT2D eigenvalue weighted by Gasteiger charge is 2.21. The molecule has 0 atom stereocenters. The first kappa shape index (κ1) is 17.9. The quantitative estimate of drug-likeness (QED) is 0.544. The second kappa shape index (κ2) is 6.98. The molecule has 0 aliphatic heterocycles. The number of rotatable bonds is 2. The minimum absolute atomic E-state index is 0.358. The molecule has 5 nitrogen and oxygen atoms in total. The molecule has 0 saturated heterocycles. The maximum Gasteiger partial charge on any atom is 0.326 e. The second-order valence-electron chi connectivity index (χ2n) is 4.39. The minimum atomic E-state index is -1.38. The predicted octanol–water partition coefficient (Wildman–Crippen LogP) is 4.08. The molecule has 0 unspecified atom stereocenters. The minimum Gasteiger partial charge on any atom is -0.505 e. The van der Waals surface area contributed by atoms with E-state index in [2.05, 4.69) is 0 Å². The fourth-order valence-corrected chi connectivity index (χ4v) is 2.17. The van der Waals surface area contributed by atoms with Gasteiger partial charge in [0.15, 0.2) is 11.6 Å². The summed E-state index contributed by atoms with van der Waals surface area (Å²) < 4.78 is 40.7. The molecule has 2 aromatic carbocycles. The summed E-state index contributed by atoms with van der Waals surface area (Å²) in [5.74, 6) is -5.67. The largest absolute Gasteiger partial charge is 0.505 e. The first-order valence-electron chi connectivity index (χ1n) is 6.15.